The fourth-order valence-electron chi connectivity index (χ4n) is 10.7. The molecule has 0 radical (unpaired) electrons. The van der Waals surface area contributed by atoms with Crippen molar-refractivity contribution >= 4 is 91.4 Å². The number of ether oxygens (including phenoxy) is 1. The van der Waals surface area contributed by atoms with E-state index < -0.39 is 13.2 Å². The number of carbonyl (C=O) groups excluding carboxylic acids is 2. The van der Waals surface area contributed by atoms with Crippen LogP contribution in [-0.4, -0.2) is 133 Å². The number of nitrogens with one attached hydrogen (secondary N) is 4. The molecule has 5 aromatic rings. The van der Waals surface area contributed by atoms with Gasteiger partial charge in [-0.1, -0.05) is 0 Å². The van der Waals surface area contributed by atoms with Crippen LogP contribution in [0.4, 0.5) is 44.6 Å². The summed E-state index contributed by atoms with van der Waals surface area (Å²) in [5.74, 6) is 1.79. The van der Waals surface area contributed by atoms with E-state index >= 15 is 0 Å². The van der Waals surface area contributed by atoms with Crippen LogP contribution in [0.1, 0.15) is 62.8 Å². The van der Waals surface area contributed by atoms with Crippen molar-refractivity contribution in [3.8, 4) is 5.75 Å². The van der Waals surface area contributed by atoms with Crippen molar-refractivity contribution < 1.29 is 23.3 Å². The van der Waals surface area contributed by atoms with Crippen LogP contribution < -0.4 is 41.1 Å². The Labute approximate surface area is 411 Å². The summed E-state index contributed by atoms with van der Waals surface area (Å²) >= 11 is 3.62. The minimum Gasteiger partial charge on any atom is -0.494 e. The van der Waals surface area contributed by atoms with Crippen LogP contribution in [0.3, 0.4) is 0 Å². The number of aromatic nitrogens is 4. The number of imide groups is 1. The van der Waals surface area contributed by atoms with E-state index in [2.05, 4.69) is 83.9 Å². The Hall–Kier alpha value is -5.42. The van der Waals surface area contributed by atoms with Crippen molar-refractivity contribution in [1.82, 2.24) is 35.1 Å². The summed E-state index contributed by atoms with van der Waals surface area (Å²) in [5.41, 5.74) is 6.72. The zero-order chi connectivity index (χ0) is 47.8. The Morgan fingerprint density at radius 1 is 0.841 bits per heavy atom. The Morgan fingerprint density at radius 3 is 2.32 bits per heavy atom. The van der Waals surface area contributed by atoms with E-state index in [1.807, 2.05) is 18.2 Å². The molecule has 4 saturated heterocycles. The van der Waals surface area contributed by atoms with Crippen molar-refractivity contribution in [3.63, 3.8) is 0 Å². The molecule has 0 spiro atoms. The van der Waals surface area contributed by atoms with Gasteiger partial charge in [0.2, 0.25) is 17.8 Å². The van der Waals surface area contributed by atoms with Gasteiger partial charge in [0, 0.05) is 113 Å². The number of nitrogens with zero attached hydrogens (tertiary/aromatic N) is 8. The minimum atomic E-state index is -2.78. The number of methoxy groups -OCH3 is 1. The van der Waals surface area contributed by atoms with Gasteiger partial charge in [0.05, 0.1) is 33.8 Å². The van der Waals surface area contributed by atoms with Gasteiger partial charge >= 0.3 is 0 Å². The molecule has 10 rings (SSSR count). The molecule has 3 aromatic carbocycles. The molecule has 1 aliphatic carbocycles. The standard InChI is InChI=1S/C50H61BrFN12O4P/c1-68-44-28-43(37(32-4-5-32)27-42(44)58-50-55-29-38(51)48(60-50)57-40-7-6-39-46(54-15-14-53-39)47(40)69(2,3)67)64-18-12-35(13-19-64)63-22-20-61(21-23-63)30-31-10-16-62(17-11-31)36-25-33(52)24-34(26-36)56-41-8-9-45(65)59-49(41)66/h6-7,14-15,24-29,31-32,35,41,56H,4-5,8-13,16-23,30H2,1-3H3,(H,59,65,66)(H2,55,57,58,60). The quantitative estimate of drug-likeness (QED) is 0.0631. The number of piperazine rings is 1. The van der Waals surface area contributed by atoms with Gasteiger partial charge in [0.15, 0.2) is 0 Å². The number of halogens is 2. The highest BCUT2D eigenvalue weighted by Crippen LogP contribution is 2.49. The second kappa shape index (κ2) is 20.1. The molecule has 69 heavy (non-hydrogen) atoms. The largest absolute Gasteiger partial charge is 0.494 e. The van der Waals surface area contributed by atoms with E-state index in [4.69, 9.17) is 9.72 Å². The van der Waals surface area contributed by atoms with Crippen LogP contribution in [0.2, 0.25) is 0 Å². The number of benzene rings is 3. The topological polar surface area (TPSA) is 173 Å². The lowest BCUT2D eigenvalue weighted by atomic mass is 9.95. The van der Waals surface area contributed by atoms with Gasteiger partial charge in [-0.2, -0.15) is 4.98 Å². The number of carbonyl (C=O) groups is 2. The van der Waals surface area contributed by atoms with Gasteiger partial charge in [-0.15, -0.1) is 0 Å². The highest BCUT2D eigenvalue weighted by molar-refractivity contribution is 9.10. The average molecular weight is 1020 g/mol. The summed E-state index contributed by atoms with van der Waals surface area (Å²) in [7, 11) is -1.07. The highest BCUT2D eigenvalue weighted by atomic mass is 79.9. The van der Waals surface area contributed by atoms with Crippen LogP contribution in [0.25, 0.3) is 11.0 Å². The molecule has 2 amide bonds. The number of piperidine rings is 3. The number of hydrogen-bond donors (Lipinski definition) is 4. The van der Waals surface area contributed by atoms with Crippen LogP contribution in [0.5, 0.6) is 5.75 Å². The Kier molecular flexibility index (Phi) is 13.8. The third-order valence-electron chi connectivity index (χ3n) is 14.4. The predicted molar refractivity (Wildman–Crippen MR) is 274 cm³/mol. The zero-order valence-corrected chi connectivity index (χ0v) is 42.0. The summed E-state index contributed by atoms with van der Waals surface area (Å²) in [5, 5.41) is 13.0. The molecule has 6 heterocycles. The van der Waals surface area contributed by atoms with E-state index in [1.165, 1.54) is 30.2 Å². The van der Waals surface area contributed by atoms with Crippen molar-refractivity contribution in [2.75, 3.05) is 105 Å². The molecule has 1 atom stereocenters. The van der Waals surface area contributed by atoms with Crippen molar-refractivity contribution in [2.24, 2.45) is 5.92 Å². The maximum Gasteiger partial charge on any atom is 0.249 e. The molecule has 5 aliphatic rings. The van der Waals surface area contributed by atoms with E-state index in [-0.39, 0.29) is 24.1 Å². The van der Waals surface area contributed by atoms with E-state index in [9.17, 15) is 18.5 Å². The molecule has 0 bridgehead atoms. The van der Waals surface area contributed by atoms with Gasteiger partial charge in [0.25, 0.3) is 0 Å². The van der Waals surface area contributed by atoms with Gasteiger partial charge < -0.3 is 40.0 Å². The molecular weight excluding hydrogens is 963 g/mol. The van der Waals surface area contributed by atoms with Gasteiger partial charge in [0.1, 0.15) is 36.1 Å². The molecule has 1 unspecified atom stereocenters. The molecule has 16 nitrogen and oxygen atoms in total. The molecule has 4 aliphatic heterocycles. The van der Waals surface area contributed by atoms with Crippen LogP contribution in [0.15, 0.2) is 65.5 Å². The molecule has 5 fully saturated rings. The van der Waals surface area contributed by atoms with E-state index in [0.29, 0.717) is 68.3 Å². The fourth-order valence-corrected chi connectivity index (χ4v) is 12.4. The summed E-state index contributed by atoms with van der Waals surface area (Å²) in [6, 6.07) is 13.1. The van der Waals surface area contributed by atoms with Crippen LogP contribution in [0, 0.1) is 11.7 Å². The van der Waals surface area contributed by atoms with Gasteiger partial charge in [-0.25, -0.2) is 9.37 Å². The lowest BCUT2D eigenvalue weighted by Crippen LogP contribution is -2.54. The summed E-state index contributed by atoms with van der Waals surface area (Å²) in [4.78, 5) is 52.5. The maximum atomic E-state index is 14.8. The highest BCUT2D eigenvalue weighted by Gasteiger charge is 2.34. The van der Waals surface area contributed by atoms with E-state index in [1.54, 1.807) is 45.1 Å². The average Bonchev–Trinajstić information content (AvgIpc) is 4.19. The minimum absolute atomic E-state index is 0.268. The Bertz CT molecular complexity index is 2770. The van der Waals surface area contributed by atoms with Crippen LogP contribution in [-0.2, 0) is 14.2 Å². The lowest BCUT2D eigenvalue weighted by Gasteiger charge is -2.44. The van der Waals surface area contributed by atoms with Crippen molar-refractivity contribution in [1.29, 1.82) is 0 Å². The fraction of sp³-hybridized carbons (Fsp3) is 0.480. The Morgan fingerprint density at radius 2 is 1.59 bits per heavy atom. The smallest absolute Gasteiger partial charge is 0.249 e. The normalized spacial score (nSPS) is 20.3. The Balaban J connectivity index is 0.723. The second-order valence-electron chi connectivity index (χ2n) is 19.6. The first kappa shape index (κ1) is 47.3. The van der Waals surface area contributed by atoms with E-state index in [0.717, 1.165) is 102 Å². The number of anilines is 7. The molecule has 19 heteroatoms. The molecule has 364 valence electrons. The lowest BCUT2D eigenvalue weighted by molar-refractivity contribution is -0.133. The second-order valence-corrected chi connectivity index (χ2v) is 23.6. The third-order valence-corrected chi connectivity index (χ3v) is 16.6. The third kappa shape index (κ3) is 10.8. The number of hydrogen-bond acceptors (Lipinski definition) is 15. The van der Waals surface area contributed by atoms with Crippen molar-refractivity contribution in [2.45, 2.75) is 69.4 Å². The number of rotatable bonds is 14. The maximum absolute atomic E-state index is 14.8. The molecule has 2 aromatic heterocycles. The van der Waals surface area contributed by atoms with Gasteiger partial charge in [-0.3, -0.25) is 29.8 Å². The monoisotopic (exact) mass is 1020 g/mol. The molecule has 1 saturated carbocycles. The summed E-state index contributed by atoms with van der Waals surface area (Å²) in [6.07, 6.45) is 12.3. The zero-order valence-electron chi connectivity index (χ0n) is 39.5. The first-order chi connectivity index (χ1) is 33.3. The first-order valence-corrected chi connectivity index (χ1v) is 27.7. The van der Waals surface area contributed by atoms with Crippen molar-refractivity contribution in [3.05, 3.63) is 76.9 Å². The summed E-state index contributed by atoms with van der Waals surface area (Å²) in [6.45, 7) is 12.6. The van der Waals surface area contributed by atoms with Gasteiger partial charge in [-0.05, 0) is 128 Å². The van der Waals surface area contributed by atoms with Crippen LogP contribution >= 0.6 is 23.1 Å². The predicted octanol–water partition coefficient (Wildman–Crippen LogP) is 7.66. The number of fused-ring (bicyclic) bond motifs is 1. The SMILES string of the molecule is COc1cc(N2CCC(N3CCN(CC4CCN(c5cc(F)cc(NC6CCC(=O)NC6=O)c5)CC4)CC3)CC2)c(C2CC2)cc1Nc1ncc(Br)c(Nc2ccc3nccnc3c2P(C)(C)=O)n1. The first-order valence-electron chi connectivity index (χ1n) is 24.3. The molecule has 4 N–H and O–H groups in total. The number of amides is 2. The summed E-state index contributed by atoms with van der Waals surface area (Å²) < 4.78 is 35.0. The molecular formula is C50H61BrFN12O4P.